The van der Waals surface area contributed by atoms with Gasteiger partial charge in [0, 0.05) is 41.0 Å². The standard InChI is InChI=1S/C25H27ClN2O2/c26-21-10-7-18(8-11-21)24(29)28-15-13-19-16-20(9-12-23(19)28)25(30)27-14-3-5-17-4-1-2-6-22(17)27/h7-12,16-17,22H,1-6,13-15H2/t17-,22-/m1/s1. The molecular formula is C25H27ClN2O2. The zero-order chi connectivity index (χ0) is 20.7. The van der Waals surface area contributed by atoms with E-state index in [1.165, 1.54) is 25.7 Å². The molecule has 0 spiro atoms. The second-order valence-electron chi connectivity index (χ2n) is 8.81. The molecule has 156 valence electrons. The van der Waals surface area contributed by atoms with Gasteiger partial charge in [-0.1, -0.05) is 24.4 Å². The van der Waals surface area contributed by atoms with E-state index in [2.05, 4.69) is 4.90 Å². The lowest BCUT2D eigenvalue weighted by atomic mass is 9.78. The summed E-state index contributed by atoms with van der Waals surface area (Å²) >= 11 is 5.95. The molecule has 3 aliphatic rings. The van der Waals surface area contributed by atoms with Gasteiger partial charge in [-0.3, -0.25) is 9.59 Å². The Labute approximate surface area is 182 Å². The van der Waals surface area contributed by atoms with Crippen LogP contribution in [0.5, 0.6) is 0 Å². The zero-order valence-electron chi connectivity index (χ0n) is 17.1. The third-order valence-corrected chi connectivity index (χ3v) is 7.31. The Morgan fingerprint density at radius 2 is 1.57 bits per heavy atom. The Bertz CT molecular complexity index is 970. The normalized spacial score (nSPS) is 23.1. The molecule has 2 aromatic rings. The number of piperidine rings is 1. The van der Waals surface area contributed by atoms with Crippen molar-refractivity contribution in [3.63, 3.8) is 0 Å². The van der Waals surface area contributed by atoms with Crippen molar-refractivity contribution in [1.29, 1.82) is 0 Å². The van der Waals surface area contributed by atoms with Crippen LogP contribution in [0, 0.1) is 5.92 Å². The number of rotatable bonds is 2. The van der Waals surface area contributed by atoms with Crippen LogP contribution in [0.2, 0.25) is 5.02 Å². The molecule has 0 radical (unpaired) electrons. The van der Waals surface area contributed by atoms with Crippen molar-refractivity contribution in [2.75, 3.05) is 18.0 Å². The lowest BCUT2D eigenvalue weighted by Crippen LogP contribution is -2.49. The quantitative estimate of drug-likeness (QED) is 0.655. The summed E-state index contributed by atoms with van der Waals surface area (Å²) in [5, 5.41) is 0.620. The Hall–Kier alpha value is -2.33. The van der Waals surface area contributed by atoms with Gasteiger partial charge in [0.05, 0.1) is 0 Å². The predicted molar refractivity (Wildman–Crippen MR) is 119 cm³/mol. The zero-order valence-corrected chi connectivity index (χ0v) is 17.9. The number of hydrogen-bond acceptors (Lipinski definition) is 2. The van der Waals surface area contributed by atoms with Gasteiger partial charge in [-0.25, -0.2) is 0 Å². The lowest BCUT2D eigenvalue weighted by Gasteiger charge is -2.44. The monoisotopic (exact) mass is 422 g/mol. The summed E-state index contributed by atoms with van der Waals surface area (Å²) < 4.78 is 0. The molecule has 2 amide bonds. The van der Waals surface area contributed by atoms with E-state index in [1.807, 2.05) is 23.1 Å². The molecule has 0 aromatic heterocycles. The number of likely N-dealkylation sites (tertiary alicyclic amines) is 1. The number of benzene rings is 2. The lowest BCUT2D eigenvalue weighted by molar-refractivity contribution is 0.0390. The van der Waals surface area contributed by atoms with Gasteiger partial charge in [0.15, 0.2) is 0 Å². The van der Waals surface area contributed by atoms with Crippen LogP contribution in [0.3, 0.4) is 0 Å². The van der Waals surface area contributed by atoms with Gasteiger partial charge in [-0.2, -0.15) is 0 Å². The summed E-state index contributed by atoms with van der Waals surface area (Å²) in [6.07, 6.45) is 8.10. The summed E-state index contributed by atoms with van der Waals surface area (Å²) in [7, 11) is 0. The topological polar surface area (TPSA) is 40.6 Å². The van der Waals surface area contributed by atoms with Crippen LogP contribution < -0.4 is 4.90 Å². The average Bonchev–Trinajstić information content (AvgIpc) is 3.21. The number of nitrogens with zero attached hydrogens (tertiary/aromatic N) is 2. The molecule has 5 heteroatoms. The average molecular weight is 423 g/mol. The van der Waals surface area contributed by atoms with Crippen molar-refractivity contribution in [2.45, 2.75) is 51.0 Å². The first kappa shape index (κ1) is 19.6. The number of carbonyl (C=O) groups is 2. The van der Waals surface area contributed by atoms with Crippen LogP contribution in [0.25, 0.3) is 0 Å². The molecule has 2 aliphatic heterocycles. The second kappa shape index (κ2) is 8.07. The maximum Gasteiger partial charge on any atom is 0.258 e. The third-order valence-electron chi connectivity index (χ3n) is 7.06. The van der Waals surface area contributed by atoms with Gasteiger partial charge in [0.2, 0.25) is 0 Å². The largest absolute Gasteiger partial charge is 0.335 e. The minimum atomic E-state index is -0.0226. The molecule has 0 N–H and O–H groups in total. The fraction of sp³-hybridized carbons (Fsp3) is 0.440. The van der Waals surface area contributed by atoms with Crippen LogP contribution >= 0.6 is 11.6 Å². The third kappa shape index (κ3) is 3.51. The Kier molecular flexibility index (Phi) is 5.28. The number of halogens is 1. The van der Waals surface area contributed by atoms with Crippen LogP contribution in [0.1, 0.15) is 64.8 Å². The second-order valence-corrected chi connectivity index (χ2v) is 9.25. The Morgan fingerprint density at radius 1 is 0.833 bits per heavy atom. The van der Waals surface area contributed by atoms with Gasteiger partial charge in [0.25, 0.3) is 11.8 Å². The van der Waals surface area contributed by atoms with Crippen LogP contribution in [0.15, 0.2) is 42.5 Å². The first-order valence-electron chi connectivity index (χ1n) is 11.1. The van der Waals surface area contributed by atoms with E-state index in [0.29, 0.717) is 29.1 Å². The van der Waals surface area contributed by atoms with E-state index in [1.54, 1.807) is 24.3 Å². The van der Waals surface area contributed by atoms with E-state index >= 15 is 0 Å². The van der Waals surface area contributed by atoms with Gasteiger partial charge in [-0.15, -0.1) is 0 Å². The first-order valence-corrected chi connectivity index (χ1v) is 11.5. The van der Waals surface area contributed by atoms with Crippen molar-refractivity contribution in [1.82, 2.24) is 4.90 Å². The van der Waals surface area contributed by atoms with E-state index in [4.69, 9.17) is 11.6 Å². The molecular weight excluding hydrogens is 396 g/mol. The highest BCUT2D eigenvalue weighted by molar-refractivity contribution is 6.30. The summed E-state index contributed by atoms with van der Waals surface area (Å²) in [6, 6.07) is 13.3. The van der Waals surface area contributed by atoms with Crippen molar-refractivity contribution >= 4 is 29.1 Å². The van der Waals surface area contributed by atoms with Crippen molar-refractivity contribution < 1.29 is 9.59 Å². The van der Waals surface area contributed by atoms with E-state index in [9.17, 15) is 9.59 Å². The maximum atomic E-state index is 13.4. The van der Waals surface area contributed by atoms with E-state index in [-0.39, 0.29) is 11.8 Å². The number of amides is 2. The van der Waals surface area contributed by atoms with Crippen molar-refractivity contribution in [3.05, 3.63) is 64.2 Å². The molecule has 1 aliphatic carbocycles. The maximum absolute atomic E-state index is 13.4. The fourth-order valence-corrected chi connectivity index (χ4v) is 5.66. The number of carbonyl (C=O) groups excluding carboxylic acids is 2. The van der Waals surface area contributed by atoms with Crippen LogP contribution in [-0.4, -0.2) is 35.8 Å². The predicted octanol–water partition coefficient (Wildman–Crippen LogP) is 5.34. The molecule has 2 fully saturated rings. The molecule has 2 atom stereocenters. The highest BCUT2D eigenvalue weighted by Gasteiger charge is 2.36. The molecule has 1 saturated heterocycles. The molecule has 2 aromatic carbocycles. The molecule has 0 bridgehead atoms. The first-order chi connectivity index (χ1) is 14.6. The number of anilines is 1. The summed E-state index contributed by atoms with van der Waals surface area (Å²) in [4.78, 5) is 30.3. The minimum absolute atomic E-state index is 0.0226. The molecule has 30 heavy (non-hydrogen) atoms. The molecule has 5 rings (SSSR count). The summed E-state index contributed by atoms with van der Waals surface area (Å²) in [5.41, 5.74) is 3.39. The molecule has 0 unspecified atom stereocenters. The van der Waals surface area contributed by atoms with Crippen LogP contribution in [-0.2, 0) is 6.42 Å². The molecule has 2 heterocycles. The number of fused-ring (bicyclic) bond motifs is 2. The van der Waals surface area contributed by atoms with E-state index in [0.717, 1.165) is 42.6 Å². The van der Waals surface area contributed by atoms with Crippen molar-refractivity contribution in [2.24, 2.45) is 5.92 Å². The smallest absolute Gasteiger partial charge is 0.258 e. The number of hydrogen-bond donors (Lipinski definition) is 0. The highest BCUT2D eigenvalue weighted by Crippen LogP contribution is 2.37. The van der Waals surface area contributed by atoms with Gasteiger partial charge < -0.3 is 9.80 Å². The Balaban J connectivity index is 1.36. The van der Waals surface area contributed by atoms with E-state index < -0.39 is 0 Å². The highest BCUT2D eigenvalue weighted by atomic mass is 35.5. The summed E-state index contributed by atoms with van der Waals surface area (Å²) in [5.74, 6) is 0.820. The minimum Gasteiger partial charge on any atom is -0.335 e. The van der Waals surface area contributed by atoms with Crippen LogP contribution in [0.4, 0.5) is 5.69 Å². The SMILES string of the molecule is O=C(c1ccc(Cl)cc1)N1CCc2cc(C(=O)N3CCC[C@H]4CCCC[C@H]43)ccc21. The van der Waals surface area contributed by atoms with Gasteiger partial charge in [0.1, 0.15) is 0 Å². The Morgan fingerprint density at radius 3 is 2.40 bits per heavy atom. The van der Waals surface area contributed by atoms with Gasteiger partial charge in [-0.05, 0) is 86.1 Å². The molecule has 1 saturated carbocycles. The fourth-order valence-electron chi connectivity index (χ4n) is 5.54. The molecule has 4 nitrogen and oxygen atoms in total. The van der Waals surface area contributed by atoms with Gasteiger partial charge >= 0.3 is 0 Å². The summed E-state index contributed by atoms with van der Waals surface area (Å²) in [6.45, 7) is 1.51. The van der Waals surface area contributed by atoms with Crippen molar-refractivity contribution in [3.8, 4) is 0 Å².